The molecule has 3 unspecified atom stereocenters. The Morgan fingerprint density at radius 1 is 1.45 bits per heavy atom. The molecule has 7 nitrogen and oxygen atoms in total. The molecule has 0 aromatic heterocycles. The molecule has 7 heteroatoms. The first-order valence-electron chi connectivity index (χ1n) is 6.49. The van der Waals surface area contributed by atoms with E-state index in [1.54, 1.807) is 0 Å². The first kappa shape index (κ1) is 12.9. The molecule has 2 aliphatic heterocycles. The Kier molecular flexibility index (Phi) is 3.06. The van der Waals surface area contributed by atoms with Crippen molar-refractivity contribution in [3.63, 3.8) is 0 Å². The predicted octanol–water partition coefficient (Wildman–Crippen LogP) is 1.35. The van der Waals surface area contributed by atoms with Gasteiger partial charge in [0.2, 0.25) is 5.75 Å². The number of ether oxygens (including phenoxy) is 1. The minimum Gasteiger partial charge on any atom is -0.502 e. The number of phenolic OH excluding ortho intramolecular Hbond substituents is 1. The number of para-hydroxylation sites is 1. The lowest BCUT2D eigenvalue weighted by Gasteiger charge is -2.20. The van der Waals surface area contributed by atoms with Crippen molar-refractivity contribution >= 4 is 11.6 Å². The number of benzene rings is 1. The number of nitrogens with zero attached hydrogens (tertiary/aromatic N) is 1. The predicted molar refractivity (Wildman–Crippen MR) is 68.5 cm³/mol. The first-order valence-corrected chi connectivity index (χ1v) is 6.49. The summed E-state index contributed by atoms with van der Waals surface area (Å²) in [7, 11) is 0. The monoisotopic (exact) mass is 278 g/mol. The zero-order valence-electron chi connectivity index (χ0n) is 10.6. The van der Waals surface area contributed by atoms with Gasteiger partial charge < -0.3 is 15.2 Å². The maximum Gasteiger partial charge on any atom is 0.311 e. The minimum atomic E-state index is -0.716. The van der Waals surface area contributed by atoms with Gasteiger partial charge in [-0.1, -0.05) is 6.07 Å². The van der Waals surface area contributed by atoms with Crippen molar-refractivity contribution in [3.8, 4) is 5.75 Å². The van der Waals surface area contributed by atoms with E-state index in [1.807, 2.05) is 0 Å². The third kappa shape index (κ3) is 2.09. The number of nitro groups is 1. The lowest BCUT2D eigenvalue weighted by Crippen LogP contribution is -2.41. The SMILES string of the molecule is O=C(NC1CC2CCC1O2)c1cccc([N+](=O)[O-])c1O. The molecule has 2 bridgehead atoms. The topological polar surface area (TPSA) is 102 Å². The quantitative estimate of drug-likeness (QED) is 0.642. The van der Waals surface area contributed by atoms with E-state index < -0.39 is 22.3 Å². The fourth-order valence-electron chi connectivity index (χ4n) is 2.90. The first-order chi connectivity index (χ1) is 9.56. The van der Waals surface area contributed by atoms with E-state index in [0.717, 1.165) is 25.3 Å². The molecule has 20 heavy (non-hydrogen) atoms. The normalized spacial score (nSPS) is 27.5. The highest BCUT2D eigenvalue weighted by atomic mass is 16.6. The number of carbonyl (C=O) groups is 1. The molecule has 106 valence electrons. The lowest BCUT2D eigenvalue weighted by molar-refractivity contribution is -0.385. The van der Waals surface area contributed by atoms with Crippen LogP contribution in [0, 0.1) is 10.1 Å². The van der Waals surface area contributed by atoms with Gasteiger partial charge >= 0.3 is 5.69 Å². The Labute approximate surface area is 114 Å². The third-order valence-corrected chi connectivity index (χ3v) is 3.88. The Hall–Kier alpha value is -2.15. The van der Waals surface area contributed by atoms with Crippen molar-refractivity contribution in [1.29, 1.82) is 0 Å². The number of nitro benzene ring substituents is 1. The molecule has 0 spiro atoms. The lowest BCUT2D eigenvalue weighted by atomic mass is 9.95. The smallest absolute Gasteiger partial charge is 0.311 e. The van der Waals surface area contributed by atoms with E-state index >= 15 is 0 Å². The fourth-order valence-corrected chi connectivity index (χ4v) is 2.90. The molecule has 2 heterocycles. The van der Waals surface area contributed by atoms with Crippen LogP contribution >= 0.6 is 0 Å². The molecule has 3 atom stereocenters. The highest BCUT2D eigenvalue weighted by Crippen LogP contribution is 2.35. The molecule has 2 fully saturated rings. The van der Waals surface area contributed by atoms with E-state index in [9.17, 15) is 20.0 Å². The van der Waals surface area contributed by atoms with Gasteiger partial charge in [0.15, 0.2) is 0 Å². The average molecular weight is 278 g/mol. The van der Waals surface area contributed by atoms with E-state index in [2.05, 4.69) is 5.32 Å². The highest BCUT2D eigenvalue weighted by Gasteiger charge is 2.41. The molecule has 2 N–H and O–H groups in total. The van der Waals surface area contributed by atoms with Gasteiger partial charge in [0.1, 0.15) is 0 Å². The van der Waals surface area contributed by atoms with Crippen LogP contribution in [-0.4, -0.2) is 34.2 Å². The van der Waals surface area contributed by atoms with Crippen molar-refractivity contribution in [1.82, 2.24) is 5.32 Å². The second-order valence-corrected chi connectivity index (χ2v) is 5.12. The number of hydrogen-bond donors (Lipinski definition) is 2. The summed E-state index contributed by atoms with van der Waals surface area (Å²) in [4.78, 5) is 22.1. The number of fused-ring (bicyclic) bond motifs is 2. The maximum absolute atomic E-state index is 12.1. The third-order valence-electron chi connectivity index (χ3n) is 3.88. The summed E-state index contributed by atoms with van der Waals surface area (Å²) in [6.45, 7) is 0. The number of carbonyl (C=O) groups excluding carboxylic acids is 1. The summed E-state index contributed by atoms with van der Waals surface area (Å²) in [5, 5.41) is 23.3. The number of aromatic hydroxyl groups is 1. The van der Waals surface area contributed by atoms with Crippen molar-refractivity contribution < 1.29 is 19.6 Å². The summed E-state index contributed by atoms with van der Waals surface area (Å²) in [5.41, 5.74) is -0.552. The van der Waals surface area contributed by atoms with Crippen LogP contribution in [-0.2, 0) is 4.74 Å². The molecule has 1 amide bonds. The van der Waals surface area contributed by atoms with Crippen molar-refractivity contribution in [2.24, 2.45) is 0 Å². The largest absolute Gasteiger partial charge is 0.502 e. The van der Waals surface area contributed by atoms with Gasteiger partial charge in [0.05, 0.1) is 28.7 Å². The molecule has 3 rings (SSSR count). The van der Waals surface area contributed by atoms with Gasteiger partial charge in [-0.15, -0.1) is 0 Å². The molecule has 1 aromatic carbocycles. The molecular weight excluding hydrogens is 264 g/mol. The van der Waals surface area contributed by atoms with Gasteiger partial charge in [-0.2, -0.15) is 0 Å². The summed E-state index contributed by atoms with van der Waals surface area (Å²) in [6, 6.07) is 3.82. The van der Waals surface area contributed by atoms with E-state index in [4.69, 9.17) is 4.74 Å². The van der Waals surface area contributed by atoms with Gasteiger partial charge in [-0.05, 0) is 25.3 Å². The molecule has 2 aliphatic rings. The van der Waals surface area contributed by atoms with E-state index in [-0.39, 0.29) is 23.8 Å². The molecule has 0 aliphatic carbocycles. The van der Waals surface area contributed by atoms with Crippen LogP contribution in [0.2, 0.25) is 0 Å². The molecule has 1 aromatic rings. The number of nitrogens with one attached hydrogen (secondary N) is 1. The maximum atomic E-state index is 12.1. The second kappa shape index (κ2) is 4.75. The van der Waals surface area contributed by atoms with E-state index in [1.165, 1.54) is 12.1 Å². The number of hydrogen-bond acceptors (Lipinski definition) is 5. The van der Waals surface area contributed by atoms with Gasteiger partial charge in [-0.3, -0.25) is 14.9 Å². The van der Waals surface area contributed by atoms with Crippen molar-refractivity contribution in [2.45, 2.75) is 37.5 Å². The van der Waals surface area contributed by atoms with Crippen LogP contribution in [0.5, 0.6) is 5.75 Å². The Morgan fingerprint density at radius 3 is 2.85 bits per heavy atom. The Balaban J connectivity index is 1.77. The highest BCUT2D eigenvalue weighted by molar-refractivity contribution is 5.98. The molecule has 0 radical (unpaired) electrons. The Morgan fingerprint density at radius 2 is 2.25 bits per heavy atom. The van der Waals surface area contributed by atoms with Crippen LogP contribution in [0.15, 0.2) is 18.2 Å². The van der Waals surface area contributed by atoms with Crippen LogP contribution in [0.4, 0.5) is 5.69 Å². The van der Waals surface area contributed by atoms with Crippen LogP contribution in [0.1, 0.15) is 29.6 Å². The number of phenols is 1. The van der Waals surface area contributed by atoms with Crippen LogP contribution in [0.25, 0.3) is 0 Å². The van der Waals surface area contributed by atoms with Crippen molar-refractivity contribution in [3.05, 3.63) is 33.9 Å². The zero-order chi connectivity index (χ0) is 14.3. The summed E-state index contributed by atoms with van der Waals surface area (Å²) in [5.74, 6) is -1.11. The number of amides is 1. The minimum absolute atomic E-state index is 0.0183. The Bertz CT molecular complexity index is 574. The summed E-state index contributed by atoms with van der Waals surface area (Å²) in [6.07, 6.45) is 2.90. The molecule has 2 saturated heterocycles. The molecular formula is C13H14N2O5. The molecule has 0 saturated carbocycles. The van der Waals surface area contributed by atoms with Crippen LogP contribution < -0.4 is 5.32 Å². The summed E-state index contributed by atoms with van der Waals surface area (Å²) < 4.78 is 5.63. The van der Waals surface area contributed by atoms with Gasteiger partial charge in [0.25, 0.3) is 5.91 Å². The van der Waals surface area contributed by atoms with Gasteiger partial charge in [-0.25, -0.2) is 0 Å². The van der Waals surface area contributed by atoms with Crippen LogP contribution in [0.3, 0.4) is 0 Å². The van der Waals surface area contributed by atoms with E-state index in [0.29, 0.717) is 0 Å². The number of rotatable bonds is 3. The average Bonchev–Trinajstić information content (AvgIpc) is 3.00. The van der Waals surface area contributed by atoms with Gasteiger partial charge in [0, 0.05) is 6.07 Å². The zero-order valence-corrected chi connectivity index (χ0v) is 10.6. The second-order valence-electron chi connectivity index (χ2n) is 5.12. The van der Waals surface area contributed by atoms with Crippen molar-refractivity contribution in [2.75, 3.05) is 0 Å². The fraction of sp³-hybridized carbons (Fsp3) is 0.462. The standard InChI is InChI=1S/C13H14N2O5/c16-12-8(2-1-3-10(12)15(18)19)13(17)14-9-6-7-4-5-11(9)20-7/h1-3,7,9,11,16H,4-6H2,(H,14,17). The summed E-state index contributed by atoms with van der Waals surface area (Å²) >= 11 is 0.